The van der Waals surface area contributed by atoms with Crippen LogP contribution in [0.4, 0.5) is 4.79 Å². The maximum Gasteiger partial charge on any atom is 0.293 e. The normalized spacial score (nSPS) is 15.2. The third kappa shape index (κ3) is 4.53. The minimum Gasteiger partial charge on any atom is -0.457 e. The van der Waals surface area contributed by atoms with Gasteiger partial charge < -0.3 is 4.74 Å². The van der Waals surface area contributed by atoms with E-state index in [0.29, 0.717) is 15.7 Å². The predicted molar refractivity (Wildman–Crippen MR) is 116 cm³/mol. The number of hydrogen-bond acceptors (Lipinski definition) is 4. The van der Waals surface area contributed by atoms with Crippen LogP contribution in [0.15, 0.2) is 83.8 Å². The molecule has 0 unspecified atom stereocenters. The highest BCUT2D eigenvalue weighted by Crippen LogP contribution is 2.34. The van der Waals surface area contributed by atoms with Crippen LogP contribution in [0.1, 0.15) is 11.1 Å². The van der Waals surface area contributed by atoms with Crippen LogP contribution in [0.2, 0.25) is 5.02 Å². The summed E-state index contributed by atoms with van der Waals surface area (Å²) in [5, 5.41) is 0.221. The number of halogens is 1. The lowest BCUT2D eigenvalue weighted by Gasteiger charge is -2.13. The van der Waals surface area contributed by atoms with Gasteiger partial charge in [-0.05, 0) is 59.3 Å². The fourth-order valence-electron chi connectivity index (χ4n) is 2.88. The van der Waals surface area contributed by atoms with E-state index >= 15 is 0 Å². The number of imide groups is 1. The molecule has 0 aliphatic carbocycles. The van der Waals surface area contributed by atoms with Crippen molar-refractivity contribution in [1.29, 1.82) is 0 Å². The van der Waals surface area contributed by atoms with E-state index in [-0.39, 0.29) is 17.7 Å². The molecule has 2 amide bonds. The van der Waals surface area contributed by atoms with Crippen LogP contribution in [-0.4, -0.2) is 16.0 Å². The number of hydrogen-bond donors (Lipinski definition) is 0. The first-order valence-corrected chi connectivity index (χ1v) is 10.1. The molecule has 6 heteroatoms. The van der Waals surface area contributed by atoms with Crippen molar-refractivity contribution in [3.05, 3.63) is 99.9 Å². The number of ether oxygens (including phenoxy) is 1. The molecule has 29 heavy (non-hydrogen) atoms. The van der Waals surface area contributed by atoms with E-state index in [1.54, 1.807) is 18.2 Å². The van der Waals surface area contributed by atoms with Gasteiger partial charge in [0.25, 0.3) is 11.1 Å². The Morgan fingerprint density at radius 3 is 2.41 bits per heavy atom. The molecule has 0 bridgehead atoms. The van der Waals surface area contributed by atoms with E-state index in [1.807, 2.05) is 66.7 Å². The zero-order chi connectivity index (χ0) is 20.2. The maximum absolute atomic E-state index is 12.8. The van der Waals surface area contributed by atoms with Crippen LogP contribution in [-0.2, 0) is 11.3 Å². The van der Waals surface area contributed by atoms with Gasteiger partial charge in [0, 0.05) is 5.02 Å². The largest absolute Gasteiger partial charge is 0.457 e. The topological polar surface area (TPSA) is 46.6 Å². The number of thioether (sulfide) groups is 1. The Morgan fingerprint density at radius 1 is 0.897 bits per heavy atom. The summed E-state index contributed by atoms with van der Waals surface area (Å²) in [4.78, 5) is 26.7. The molecule has 1 aliphatic heterocycles. The third-order valence-electron chi connectivity index (χ3n) is 4.29. The quantitative estimate of drug-likeness (QED) is 0.449. The van der Waals surface area contributed by atoms with Crippen molar-refractivity contribution in [3.8, 4) is 11.5 Å². The highest BCUT2D eigenvalue weighted by molar-refractivity contribution is 8.18. The number of carbonyl (C=O) groups excluding carboxylic acids is 2. The highest BCUT2D eigenvalue weighted by atomic mass is 35.5. The fraction of sp³-hybridized carbons (Fsp3) is 0.0435. The second-order valence-corrected chi connectivity index (χ2v) is 7.75. The van der Waals surface area contributed by atoms with E-state index in [9.17, 15) is 9.59 Å². The summed E-state index contributed by atoms with van der Waals surface area (Å²) in [6.07, 6.45) is 1.70. The Balaban J connectivity index is 1.53. The van der Waals surface area contributed by atoms with Gasteiger partial charge in [0.1, 0.15) is 11.5 Å². The second kappa shape index (κ2) is 8.55. The Bertz CT molecular complexity index is 1100. The molecule has 3 aromatic rings. The Kier molecular flexibility index (Phi) is 5.69. The van der Waals surface area contributed by atoms with Crippen molar-refractivity contribution >= 4 is 40.6 Å². The highest BCUT2D eigenvalue weighted by Gasteiger charge is 2.35. The SMILES string of the molecule is O=C1S/C(=C/c2cccc(Oc3ccccc3)c2)C(=O)N1Cc1ccccc1Cl. The number of carbonyl (C=O) groups is 2. The average Bonchev–Trinajstić information content (AvgIpc) is 2.98. The van der Waals surface area contributed by atoms with Crippen LogP contribution in [0.25, 0.3) is 6.08 Å². The molecule has 4 nitrogen and oxygen atoms in total. The summed E-state index contributed by atoms with van der Waals surface area (Å²) in [7, 11) is 0. The number of amides is 2. The second-order valence-electron chi connectivity index (χ2n) is 6.35. The summed E-state index contributed by atoms with van der Waals surface area (Å²) in [6, 6.07) is 24.0. The van der Waals surface area contributed by atoms with Gasteiger partial charge >= 0.3 is 0 Å². The number of rotatable bonds is 5. The number of para-hydroxylation sites is 1. The standard InChI is InChI=1S/C23H16ClNO3S/c24-20-12-5-4-8-17(20)15-25-22(26)21(29-23(25)27)14-16-7-6-11-19(13-16)28-18-9-2-1-3-10-18/h1-14H,15H2/b21-14+. The molecule has 1 fully saturated rings. The third-order valence-corrected chi connectivity index (χ3v) is 5.57. The van der Waals surface area contributed by atoms with Gasteiger partial charge in [-0.1, -0.05) is 60.1 Å². The van der Waals surface area contributed by atoms with Crippen LogP contribution >= 0.6 is 23.4 Å². The van der Waals surface area contributed by atoms with Crippen molar-refractivity contribution < 1.29 is 14.3 Å². The van der Waals surface area contributed by atoms with Gasteiger partial charge in [0.2, 0.25) is 0 Å². The van der Waals surface area contributed by atoms with Crippen LogP contribution in [0, 0.1) is 0 Å². The van der Waals surface area contributed by atoms with Gasteiger partial charge in [0.15, 0.2) is 0 Å². The molecule has 4 rings (SSSR count). The molecule has 0 saturated carbocycles. The summed E-state index contributed by atoms with van der Waals surface area (Å²) in [5.74, 6) is 1.05. The van der Waals surface area contributed by atoms with E-state index in [4.69, 9.17) is 16.3 Å². The average molecular weight is 422 g/mol. The lowest BCUT2D eigenvalue weighted by molar-refractivity contribution is -0.123. The van der Waals surface area contributed by atoms with Gasteiger partial charge in [-0.2, -0.15) is 0 Å². The first-order valence-electron chi connectivity index (χ1n) is 8.92. The minimum atomic E-state index is -0.325. The molecule has 0 aromatic heterocycles. The zero-order valence-corrected chi connectivity index (χ0v) is 16.8. The van der Waals surface area contributed by atoms with Gasteiger partial charge in [-0.25, -0.2) is 0 Å². The molecule has 1 heterocycles. The van der Waals surface area contributed by atoms with Crippen LogP contribution in [0.5, 0.6) is 11.5 Å². The maximum atomic E-state index is 12.8. The molecule has 0 atom stereocenters. The van der Waals surface area contributed by atoms with Crippen LogP contribution in [0.3, 0.4) is 0 Å². The zero-order valence-electron chi connectivity index (χ0n) is 15.2. The first-order chi connectivity index (χ1) is 14.1. The molecule has 1 aliphatic rings. The van der Waals surface area contributed by atoms with Crippen LogP contribution < -0.4 is 4.74 Å². The summed E-state index contributed by atoms with van der Waals surface area (Å²) < 4.78 is 5.83. The fourth-order valence-corrected chi connectivity index (χ4v) is 3.91. The molecule has 0 radical (unpaired) electrons. The van der Waals surface area contributed by atoms with E-state index in [1.165, 1.54) is 4.90 Å². The molecule has 0 spiro atoms. The Hall–Kier alpha value is -3.02. The van der Waals surface area contributed by atoms with Gasteiger partial charge in [-0.3, -0.25) is 14.5 Å². The molecular weight excluding hydrogens is 406 g/mol. The van der Waals surface area contributed by atoms with E-state index in [0.717, 1.165) is 28.6 Å². The summed E-state index contributed by atoms with van der Waals surface area (Å²) in [6.45, 7) is 0.152. The van der Waals surface area contributed by atoms with Gasteiger partial charge in [0.05, 0.1) is 11.4 Å². The van der Waals surface area contributed by atoms with E-state index < -0.39 is 0 Å². The predicted octanol–water partition coefficient (Wildman–Crippen LogP) is 6.37. The van der Waals surface area contributed by atoms with Crippen molar-refractivity contribution in [2.24, 2.45) is 0 Å². The smallest absolute Gasteiger partial charge is 0.293 e. The van der Waals surface area contributed by atoms with Crippen molar-refractivity contribution in [3.63, 3.8) is 0 Å². The minimum absolute atomic E-state index is 0.152. The number of benzene rings is 3. The molecular formula is C23H16ClNO3S. The monoisotopic (exact) mass is 421 g/mol. The Labute approximate surface area is 177 Å². The Morgan fingerprint density at radius 2 is 1.62 bits per heavy atom. The lowest BCUT2D eigenvalue weighted by atomic mass is 10.2. The molecule has 0 N–H and O–H groups in total. The molecule has 3 aromatic carbocycles. The van der Waals surface area contributed by atoms with E-state index in [2.05, 4.69) is 0 Å². The summed E-state index contributed by atoms with van der Waals surface area (Å²) >= 11 is 7.09. The van der Waals surface area contributed by atoms with Crippen molar-refractivity contribution in [2.45, 2.75) is 6.54 Å². The van der Waals surface area contributed by atoms with Gasteiger partial charge in [-0.15, -0.1) is 0 Å². The number of nitrogens with zero attached hydrogens (tertiary/aromatic N) is 1. The van der Waals surface area contributed by atoms with Crippen molar-refractivity contribution in [1.82, 2.24) is 4.90 Å². The molecule has 144 valence electrons. The first kappa shape index (κ1) is 19.3. The lowest BCUT2D eigenvalue weighted by Crippen LogP contribution is -2.27. The van der Waals surface area contributed by atoms with Crippen molar-refractivity contribution in [2.75, 3.05) is 0 Å². The molecule has 1 saturated heterocycles. The summed E-state index contributed by atoms with van der Waals surface area (Å²) in [5.41, 5.74) is 1.51.